The van der Waals surface area contributed by atoms with Gasteiger partial charge in [-0.05, 0) is 30.8 Å². The van der Waals surface area contributed by atoms with Gasteiger partial charge < -0.3 is 10.1 Å². The number of aromatic nitrogens is 2. The van der Waals surface area contributed by atoms with Crippen molar-refractivity contribution < 1.29 is 27.1 Å². The van der Waals surface area contributed by atoms with Crippen LogP contribution in [0.2, 0.25) is 0 Å². The summed E-state index contributed by atoms with van der Waals surface area (Å²) in [7, 11) is 0.829. The Balaban J connectivity index is 1.88. The second kappa shape index (κ2) is 7.64. The lowest BCUT2D eigenvalue weighted by molar-refractivity contribution is 0.0966. The first-order valence-corrected chi connectivity index (χ1v) is 8.64. The Kier molecular flexibility index (Phi) is 5.42. The van der Waals surface area contributed by atoms with Crippen LogP contribution in [0.3, 0.4) is 0 Å². The maximum Gasteiger partial charge on any atom is 0.263 e. The molecule has 0 saturated heterocycles. The van der Waals surface area contributed by atoms with E-state index in [0.717, 1.165) is 18.8 Å². The standard InChI is InChI=1S/C16H10F4N4O2S2/c1-5-3-4-6-13(24-28-23-6)12(5)21-16(27)22-15(25)7-8(17)10(19)14(26-2)11(20)9(7)18/h3-4H,1-2H3,(H2,21,22,25,27). The molecule has 0 radical (unpaired) electrons. The van der Waals surface area contributed by atoms with Crippen molar-refractivity contribution in [2.75, 3.05) is 12.4 Å². The molecule has 146 valence electrons. The van der Waals surface area contributed by atoms with Crippen molar-refractivity contribution in [1.82, 2.24) is 14.1 Å². The highest BCUT2D eigenvalue weighted by Crippen LogP contribution is 2.30. The molecular formula is C16H10F4N4O2S2. The summed E-state index contributed by atoms with van der Waals surface area (Å²) in [6, 6.07) is 3.46. The summed E-state index contributed by atoms with van der Waals surface area (Å²) in [6.07, 6.45) is 0. The van der Waals surface area contributed by atoms with E-state index in [4.69, 9.17) is 12.2 Å². The van der Waals surface area contributed by atoms with E-state index in [-0.39, 0.29) is 5.11 Å². The summed E-state index contributed by atoms with van der Waals surface area (Å²) in [6.45, 7) is 1.74. The predicted octanol–water partition coefficient (Wildman–Crippen LogP) is 3.69. The van der Waals surface area contributed by atoms with Gasteiger partial charge in [0.2, 0.25) is 11.6 Å². The molecule has 0 unspecified atom stereocenters. The van der Waals surface area contributed by atoms with Gasteiger partial charge in [-0.2, -0.15) is 17.5 Å². The maximum atomic E-state index is 14.0. The molecular weight excluding hydrogens is 420 g/mol. The molecule has 3 aromatic rings. The zero-order valence-electron chi connectivity index (χ0n) is 14.2. The first-order chi connectivity index (χ1) is 13.3. The number of ether oxygens (including phenoxy) is 1. The van der Waals surface area contributed by atoms with Crippen LogP contribution in [-0.4, -0.2) is 26.9 Å². The van der Waals surface area contributed by atoms with Crippen LogP contribution in [0.5, 0.6) is 5.75 Å². The number of rotatable bonds is 3. The normalized spacial score (nSPS) is 10.8. The molecule has 0 bridgehead atoms. The number of thiocarbonyl (C=S) groups is 1. The van der Waals surface area contributed by atoms with Gasteiger partial charge in [-0.1, -0.05) is 6.07 Å². The highest BCUT2D eigenvalue weighted by Gasteiger charge is 2.30. The average Bonchev–Trinajstić information content (AvgIpc) is 3.12. The predicted molar refractivity (Wildman–Crippen MR) is 98.7 cm³/mol. The highest BCUT2D eigenvalue weighted by molar-refractivity contribution is 7.80. The van der Waals surface area contributed by atoms with Crippen molar-refractivity contribution in [2.45, 2.75) is 6.92 Å². The van der Waals surface area contributed by atoms with Gasteiger partial charge in [-0.15, -0.1) is 0 Å². The van der Waals surface area contributed by atoms with Gasteiger partial charge in [-0.25, -0.2) is 8.78 Å². The zero-order valence-corrected chi connectivity index (χ0v) is 15.8. The number of methoxy groups -OCH3 is 1. The minimum absolute atomic E-state index is 0.357. The van der Waals surface area contributed by atoms with Gasteiger partial charge in [0.25, 0.3) is 5.91 Å². The molecule has 1 aromatic heterocycles. The van der Waals surface area contributed by atoms with Crippen LogP contribution in [0.4, 0.5) is 23.2 Å². The lowest BCUT2D eigenvalue weighted by atomic mass is 10.1. The summed E-state index contributed by atoms with van der Waals surface area (Å²) in [5, 5.41) is 4.30. The number of aryl methyl sites for hydroxylation is 1. The Bertz CT molecular complexity index is 1090. The number of carbonyl (C=O) groups excluding carboxylic acids is 1. The van der Waals surface area contributed by atoms with E-state index in [2.05, 4.69) is 18.8 Å². The summed E-state index contributed by atoms with van der Waals surface area (Å²) < 4.78 is 68.1. The largest absolute Gasteiger partial charge is 0.491 e. The van der Waals surface area contributed by atoms with Crippen molar-refractivity contribution in [3.63, 3.8) is 0 Å². The first kappa shape index (κ1) is 19.9. The number of halogens is 4. The van der Waals surface area contributed by atoms with E-state index in [1.807, 2.05) is 5.32 Å². The Hall–Kier alpha value is -2.86. The second-order valence-corrected chi connectivity index (χ2v) is 6.40. The number of hydrogen-bond donors (Lipinski definition) is 2. The molecule has 1 heterocycles. The molecule has 2 aromatic carbocycles. The lowest BCUT2D eigenvalue weighted by Gasteiger charge is -2.14. The molecule has 0 atom stereocenters. The topological polar surface area (TPSA) is 76.1 Å². The zero-order chi connectivity index (χ0) is 20.6. The number of benzene rings is 2. The van der Waals surface area contributed by atoms with E-state index in [0.29, 0.717) is 22.3 Å². The molecule has 0 aliphatic carbocycles. The van der Waals surface area contributed by atoms with Crippen LogP contribution < -0.4 is 15.4 Å². The third-order valence-electron chi connectivity index (χ3n) is 3.76. The summed E-state index contributed by atoms with van der Waals surface area (Å²) in [5.41, 5.74) is 0.703. The summed E-state index contributed by atoms with van der Waals surface area (Å²) >= 11 is 5.92. The van der Waals surface area contributed by atoms with Gasteiger partial charge >= 0.3 is 0 Å². The molecule has 0 aliphatic rings. The summed E-state index contributed by atoms with van der Waals surface area (Å²) in [4.78, 5) is 12.2. The first-order valence-electron chi connectivity index (χ1n) is 7.50. The van der Waals surface area contributed by atoms with Crippen molar-refractivity contribution in [2.24, 2.45) is 0 Å². The number of nitrogens with one attached hydrogen (secondary N) is 2. The van der Waals surface area contributed by atoms with E-state index in [1.165, 1.54) is 0 Å². The lowest BCUT2D eigenvalue weighted by Crippen LogP contribution is -2.36. The molecule has 3 rings (SSSR count). The molecule has 0 spiro atoms. The van der Waals surface area contributed by atoms with E-state index in [1.54, 1.807) is 19.1 Å². The number of fused-ring (bicyclic) bond motifs is 1. The van der Waals surface area contributed by atoms with Crippen molar-refractivity contribution in [3.8, 4) is 5.75 Å². The van der Waals surface area contributed by atoms with Crippen LogP contribution in [-0.2, 0) is 0 Å². The SMILES string of the molecule is COc1c(F)c(F)c(C(=O)NC(=S)Nc2c(C)ccc3nsnc23)c(F)c1F. The number of nitrogens with zero attached hydrogens (tertiary/aromatic N) is 2. The van der Waals surface area contributed by atoms with Crippen molar-refractivity contribution in [1.29, 1.82) is 0 Å². The van der Waals surface area contributed by atoms with Gasteiger partial charge in [0.15, 0.2) is 22.5 Å². The van der Waals surface area contributed by atoms with Crippen LogP contribution in [0.25, 0.3) is 11.0 Å². The number of hydrogen-bond acceptors (Lipinski definition) is 6. The van der Waals surface area contributed by atoms with E-state index in [9.17, 15) is 22.4 Å². The molecule has 1 amide bonds. The molecule has 0 aliphatic heterocycles. The molecule has 28 heavy (non-hydrogen) atoms. The fourth-order valence-electron chi connectivity index (χ4n) is 2.41. The number of carbonyl (C=O) groups is 1. The Labute approximate surface area is 164 Å². The molecule has 6 nitrogen and oxygen atoms in total. The molecule has 0 saturated carbocycles. The number of amides is 1. The van der Waals surface area contributed by atoms with Crippen molar-refractivity contribution in [3.05, 3.63) is 46.5 Å². The molecule has 0 fully saturated rings. The maximum absolute atomic E-state index is 14.0. The van der Waals surface area contributed by atoms with E-state index >= 15 is 0 Å². The van der Waals surface area contributed by atoms with Gasteiger partial charge in [0, 0.05) is 0 Å². The highest BCUT2D eigenvalue weighted by atomic mass is 32.1. The van der Waals surface area contributed by atoms with Crippen LogP contribution in [0.1, 0.15) is 15.9 Å². The Morgan fingerprint density at radius 3 is 2.36 bits per heavy atom. The van der Waals surface area contributed by atoms with Gasteiger partial charge in [0.1, 0.15) is 16.6 Å². The van der Waals surface area contributed by atoms with Crippen LogP contribution in [0.15, 0.2) is 12.1 Å². The van der Waals surface area contributed by atoms with E-state index < -0.39 is 40.5 Å². The number of anilines is 1. The smallest absolute Gasteiger partial charge is 0.263 e. The van der Waals surface area contributed by atoms with Gasteiger partial charge in [0.05, 0.1) is 24.5 Å². The Morgan fingerprint density at radius 1 is 1.11 bits per heavy atom. The van der Waals surface area contributed by atoms with Crippen LogP contribution in [0, 0.1) is 30.2 Å². The third kappa shape index (κ3) is 3.36. The fourth-order valence-corrected chi connectivity index (χ4v) is 3.15. The minimum Gasteiger partial charge on any atom is -0.491 e. The van der Waals surface area contributed by atoms with Gasteiger partial charge in [-0.3, -0.25) is 10.1 Å². The quantitative estimate of drug-likeness (QED) is 0.375. The average molecular weight is 430 g/mol. The van der Waals surface area contributed by atoms with Crippen molar-refractivity contribution >= 4 is 51.7 Å². The fraction of sp³-hybridized carbons (Fsp3) is 0.125. The second-order valence-electron chi connectivity index (χ2n) is 5.46. The monoisotopic (exact) mass is 430 g/mol. The Morgan fingerprint density at radius 2 is 1.75 bits per heavy atom. The third-order valence-corrected chi connectivity index (χ3v) is 4.50. The summed E-state index contributed by atoms with van der Waals surface area (Å²) in [5.74, 6) is -10.2. The molecule has 12 heteroatoms. The van der Waals surface area contributed by atoms with Crippen LogP contribution >= 0.6 is 23.9 Å². The minimum atomic E-state index is -1.90. The molecule has 2 N–H and O–H groups in total.